The maximum absolute atomic E-state index is 3.49. The lowest BCUT2D eigenvalue weighted by molar-refractivity contribution is 0.349. The Kier molecular flexibility index (Phi) is 15.8. The molecule has 0 aromatic rings. The molecule has 0 amide bonds. The molecule has 0 spiro atoms. The summed E-state index contributed by atoms with van der Waals surface area (Å²) in [6.45, 7) is 17.1. The van der Waals surface area contributed by atoms with Crippen LogP contribution in [0, 0.1) is 23.7 Å². The third-order valence-electron chi connectivity index (χ3n) is 4.28. The van der Waals surface area contributed by atoms with Crippen LogP contribution in [0.5, 0.6) is 0 Å². The van der Waals surface area contributed by atoms with Gasteiger partial charge in [-0.2, -0.15) is 0 Å². The molecule has 0 fully saturated rings. The lowest BCUT2D eigenvalue weighted by Gasteiger charge is -2.21. The van der Waals surface area contributed by atoms with Crippen molar-refractivity contribution < 1.29 is 0 Å². The molecule has 0 aromatic heterocycles. The highest BCUT2D eigenvalue weighted by atomic mass is 14.2. The van der Waals surface area contributed by atoms with Crippen LogP contribution in [0.3, 0.4) is 0 Å². The van der Waals surface area contributed by atoms with Gasteiger partial charge in [0.05, 0.1) is 0 Å². The standard InChI is InChI=1S/C29H30/c1-7-11-14-17-20-26(5)23-29(22-19-16-13-9-3)25-27(6)24-28(10-4)21-18-15-12-8-2/h20-22,26-29H,1-3,10,23-25H2,4-6H3. The van der Waals surface area contributed by atoms with Crippen LogP contribution >= 0.6 is 0 Å². The van der Waals surface area contributed by atoms with Gasteiger partial charge in [-0.3, -0.25) is 0 Å². The molecule has 0 radical (unpaired) electrons. The van der Waals surface area contributed by atoms with Crippen LogP contribution in [0.25, 0.3) is 0 Å². The van der Waals surface area contributed by atoms with Crippen molar-refractivity contribution >= 4 is 0 Å². The van der Waals surface area contributed by atoms with E-state index in [-0.39, 0.29) is 0 Å². The summed E-state index contributed by atoms with van der Waals surface area (Å²) < 4.78 is 0. The summed E-state index contributed by atoms with van der Waals surface area (Å²) in [5.41, 5.74) is 33.2. The summed E-state index contributed by atoms with van der Waals surface area (Å²) in [5.74, 6) is 1.74. The lowest BCUT2D eigenvalue weighted by atomic mass is 9.83. The molecule has 29 heavy (non-hydrogen) atoms. The van der Waals surface area contributed by atoms with E-state index in [9.17, 15) is 0 Å². The maximum atomic E-state index is 3.49. The molecule has 0 aliphatic rings. The normalized spacial score (nSPS) is 12.1. The first kappa shape index (κ1) is 25.6. The monoisotopic (exact) mass is 378 g/mol. The molecule has 0 saturated carbocycles. The van der Waals surface area contributed by atoms with Gasteiger partial charge in [0.15, 0.2) is 0 Å². The Morgan fingerprint density at radius 3 is 1.55 bits per heavy atom. The average Bonchev–Trinajstić information content (AvgIpc) is 2.70. The zero-order valence-electron chi connectivity index (χ0n) is 18.0. The largest absolute Gasteiger partial charge is 0.0687 e. The van der Waals surface area contributed by atoms with E-state index in [0.717, 1.165) is 25.7 Å². The molecule has 0 saturated heterocycles. The number of hydrogen-bond donors (Lipinski definition) is 0. The van der Waals surface area contributed by atoms with Gasteiger partial charge in [0, 0.05) is 0 Å². The first-order valence-electron chi connectivity index (χ1n) is 9.90. The van der Waals surface area contributed by atoms with Crippen LogP contribution in [0.15, 0.2) is 107 Å². The molecule has 0 aliphatic heterocycles. The van der Waals surface area contributed by atoms with Crippen molar-refractivity contribution in [2.24, 2.45) is 23.7 Å². The summed E-state index contributed by atoms with van der Waals surface area (Å²) in [6, 6.07) is 0. The first-order valence-corrected chi connectivity index (χ1v) is 9.90. The fourth-order valence-electron chi connectivity index (χ4n) is 3.00. The van der Waals surface area contributed by atoms with E-state index >= 15 is 0 Å². The molecular weight excluding hydrogens is 348 g/mol. The van der Waals surface area contributed by atoms with E-state index in [1.807, 2.05) is 6.08 Å². The van der Waals surface area contributed by atoms with E-state index in [1.165, 1.54) is 0 Å². The molecule has 0 aliphatic carbocycles. The lowest BCUT2D eigenvalue weighted by Crippen LogP contribution is -2.10. The van der Waals surface area contributed by atoms with Crippen LogP contribution in [-0.2, 0) is 0 Å². The van der Waals surface area contributed by atoms with E-state index in [0.29, 0.717) is 23.7 Å². The third-order valence-corrected chi connectivity index (χ3v) is 4.28. The van der Waals surface area contributed by atoms with Gasteiger partial charge in [-0.15, -0.1) is 0 Å². The quantitative estimate of drug-likeness (QED) is 0.345. The number of hydrogen-bond acceptors (Lipinski definition) is 0. The molecule has 0 N–H and O–H groups in total. The molecule has 0 aromatic carbocycles. The van der Waals surface area contributed by atoms with Crippen LogP contribution in [-0.4, -0.2) is 0 Å². The van der Waals surface area contributed by atoms with E-state index in [4.69, 9.17) is 0 Å². The predicted molar refractivity (Wildman–Crippen MR) is 122 cm³/mol. The second-order valence-electron chi connectivity index (χ2n) is 6.93. The fraction of sp³-hybridized carbons (Fsp3) is 0.379. The van der Waals surface area contributed by atoms with Crippen molar-refractivity contribution in [1.82, 2.24) is 0 Å². The molecule has 0 heterocycles. The van der Waals surface area contributed by atoms with E-state index in [2.05, 4.69) is 121 Å². The SMILES string of the molecule is C=C=C=C=C=CC(C)CC(C=C=C=C=C=C)CC(C)CC(C=C=C=C=C=C)CC. The van der Waals surface area contributed by atoms with E-state index in [1.54, 1.807) is 0 Å². The van der Waals surface area contributed by atoms with Crippen LogP contribution < -0.4 is 0 Å². The Morgan fingerprint density at radius 2 is 1.07 bits per heavy atom. The van der Waals surface area contributed by atoms with Crippen molar-refractivity contribution in [3.05, 3.63) is 107 Å². The zero-order chi connectivity index (χ0) is 21.7. The van der Waals surface area contributed by atoms with Crippen LogP contribution in [0.1, 0.15) is 46.5 Å². The van der Waals surface area contributed by atoms with Gasteiger partial charge >= 0.3 is 0 Å². The smallest absolute Gasteiger partial charge is 0.0105 e. The highest BCUT2D eigenvalue weighted by Crippen LogP contribution is 2.27. The number of allylic oxidation sites excluding steroid dienone is 3. The van der Waals surface area contributed by atoms with Gasteiger partial charge in [0.2, 0.25) is 0 Å². The van der Waals surface area contributed by atoms with Crippen molar-refractivity contribution in [2.45, 2.75) is 46.5 Å². The Balaban J connectivity index is 5.40. The van der Waals surface area contributed by atoms with Crippen LogP contribution in [0.2, 0.25) is 0 Å². The highest BCUT2D eigenvalue weighted by Gasteiger charge is 2.16. The van der Waals surface area contributed by atoms with Gasteiger partial charge in [0.1, 0.15) is 0 Å². The first-order chi connectivity index (χ1) is 14.1. The Bertz CT molecular complexity index is 988. The summed E-state index contributed by atoms with van der Waals surface area (Å²) in [4.78, 5) is 0. The minimum atomic E-state index is 0.351. The van der Waals surface area contributed by atoms with Crippen molar-refractivity contribution in [3.63, 3.8) is 0 Å². The van der Waals surface area contributed by atoms with Crippen molar-refractivity contribution in [2.75, 3.05) is 0 Å². The Hall–Kier alpha value is -3.42. The molecular formula is C29H30. The summed E-state index contributed by atoms with van der Waals surface area (Å²) in [6.07, 6.45) is 10.4. The topological polar surface area (TPSA) is 0 Å². The Morgan fingerprint density at radius 1 is 0.621 bits per heavy atom. The second-order valence-corrected chi connectivity index (χ2v) is 6.93. The molecule has 4 unspecified atom stereocenters. The fourth-order valence-corrected chi connectivity index (χ4v) is 3.00. The van der Waals surface area contributed by atoms with Gasteiger partial charge in [-0.05, 0) is 122 Å². The number of rotatable bonds is 10. The molecule has 0 nitrogen and oxygen atoms in total. The van der Waals surface area contributed by atoms with Gasteiger partial charge in [0.25, 0.3) is 0 Å². The van der Waals surface area contributed by atoms with E-state index < -0.39 is 0 Å². The molecule has 146 valence electrons. The molecule has 4 atom stereocenters. The molecule has 0 bridgehead atoms. The minimum absolute atomic E-state index is 0.351. The highest BCUT2D eigenvalue weighted by molar-refractivity contribution is 4.96. The zero-order valence-corrected chi connectivity index (χ0v) is 18.0. The van der Waals surface area contributed by atoms with Crippen LogP contribution in [0.4, 0.5) is 0 Å². The molecule has 0 heteroatoms. The predicted octanol–water partition coefficient (Wildman–Crippen LogP) is 7.49. The summed E-state index contributed by atoms with van der Waals surface area (Å²) in [5, 5.41) is 0. The van der Waals surface area contributed by atoms with Crippen molar-refractivity contribution in [1.29, 1.82) is 0 Å². The van der Waals surface area contributed by atoms with Gasteiger partial charge in [-0.1, -0.05) is 55.2 Å². The Labute approximate surface area is 177 Å². The van der Waals surface area contributed by atoms with Gasteiger partial charge < -0.3 is 0 Å². The third kappa shape index (κ3) is 15.3. The second kappa shape index (κ2) is 18.0. The maximum Gasteiger partial charge on any atom is -0.0105 e. The summed E-state index contributed by atoms with van der Waals surface area (Å²) in [7, 11) is 0. The minimum Gasteiger partial charge on any atom is -0.0687 e. The van der Waals surface area contributed by atoms with Crippen molar-refractivity contribution in [3.8, 4) is 0 Å². The summed E-state index contributed by atoms with van der Waals surface area (Å²) >= 11 is 0. The average molecular weight is 379 g/mol. The van der Waals surface area contributed by atoms with Gasteiger partial charge in [-0.25, -0.2) is 0 Å². The molecule has 0 rings (SSSR count).